The number of nitrogens with one attached hydrogen (secondary N) is 1. The first-order valence-electron chi connectivity index (χ1n) is 7.40. The molecule has 0 atom stereocenters. The van der Waals surface area contributed by atoms with Crippen LogP contribution in [0.3, 0.4) is 0 Å². The molecule has 4 nitrogen and oxygen atoms in total. The number of thiazole rings is 1. The average molecular weight is 293 g/mol. The summed E-state index contributed by atoms with van der Waals surface area (Å²) in [5.41, 5.74) is 2.20. The van der Waals surface area contributed by atoms with E-state index in [0.717, 1.165) is 36.0 Å². The second-order valence-corrected chi connectivity index (χ2v) is 7.05. The van der Waals surface area contributed by atoms with Gasteiger partial charge in [0.15, 0.2) is 4.96 Å². The highest BCUT2D eigenvalue weighted by Crippen LogP contribution is 2.32. The summed E-state index contributed by atoms with van der Waals surface area (Å²) in [5.74, 6) is 0.789. The van der Waals surface area contributed by atoms with E-state index in [0.29, 0.717) is 0 Å². The van der Waals surface area contributed by atoms with Crippen LogP contribution >= 0.6 is 11.3 Å². The number of aryl methyl sites for hydroxylation is 1. The number of fused-ring (bicyclic) bond motifs is 1. The molecule has 0 radical (unpaired) electrons. The monoisotopic (exact) mass is 293 g/mol. The molecule has 0 aliphatic heterocycles. The van der Waals surface area contributed by atoms with Gasteiger partial charge in [-0.3, -0.25) is 4.40 Å². The zero-order valence-electron chi connectivity index (χ0n) is 12.2. The van der Waals surface area contributed by atoms with Crippen molar-refractivity contribution >= 4 is 16.3 Å². The van der Waals surface area contributed by atoms with Gasteiger partial charge in [0.1, 0.15) is 0 Å². The molecule has 0 spiro atoms. The normalized spacial score (nSPS) is 27.2. The van der Waals surface area contributed by atoms with Gasteiger partial charge in [0, 0.05) is 23.7 Å². The Balaban J connectivity index is 1.74. The molecule has 0 saturated heterocycles. The summed E-state index contributed by atoms with van der Waals surface area (Å²) in [6, 6.07) is 0. The number of rotatable bonds is 4. The Hall–Kier alpha value is -0.910. The zero-order chi connectivity index (χ0) is 14.2. The van der Waals surface area contributed by atoms with Crippen LogP contribution in [0.1, 0.15) is 44.0 Å². The Morgan fingerprint density at radius 1 is 1.50 bits per heavy atom. The van der Waals surface area contributed by atoms with Gasteiger partial charge < -0.3 is 10.4 Å². The number of hydrogen-bond donors (Lipinski definition) is 2. The fourth-order valence-electron chi connectivity index (χ4n) is 3.13. The van der Waals surface area contributed by atoms with E-state index >= 15 is 0 Å². The third-order valence-corrected chi connectivity index (χ3v) is 5.48. The Morgan fingerprint density at radius 3 is 2.95 bits per heavy atom. The average Bonchev–Trinajstić information content (AvgIpc) is 3.00. The zero-order valence-corrected chi connectivity index (χ0v) is 13.0. The standard InChI is InChI=1S/C15H23N3OS/c1-11-3-5-15(10-19,6-4-11)16-9-13-12(2)17-14-18(13)7-8-20-14/h7-8,11,16,19H,3-6,9-10H2,1-2H3. The molecule has 20 heavy (non-hydrogen) atoms. The van der Waals surface area contributed by atoms with Crippen molar-refractivity contribution in [1.29, 1.82) is 0 Å². The Labute approximate surface area is 123 Å². The molecular formula is C15H23N3OS. The topological polar surface area (TPSA) is 49.6 Å². The molecule has 2 aromatic heterocycles. The van der Waals surface area contributed by atoms with Crippen molar-refractivity contribution in [2.75, 3.05) is 6.61 Å². The van der Waals surface area contributed by atoms with Crippen molar-refractivity contribution in [2.24, 2.45) is 5.92 Å². The second-order valence-electron chi connectivity index (χ2n) is 6.17. The third-order valence-electron chi connectivity index (χ3n) is 4.73. The van der Waals surface area contributed by atoms with Crippen molar-refractivity contribution < 1.29 is 5.11 Å². The van der Waals surface area contributed by atoms with Gasteiger partial charge in [-0.25, -0.2) is 4.98 Å². The molecule has 2 aromatic rings. The number of imidazole rings is 1. The van der Waals surface area contributed by atoms with E-state index < -0.39 is 0 Å². The fraction of sp³-hybridized carbons (Fsp3) is 0.667. The van der Waals surface area contributed by atoms with Gasteiger partial charge in [-0.15, -0.1) is 11.3 Å². The smallest absolute Gasteiger partial charge is 0.194 e. The summed E-state index contributed by atoms with van der Waals surface area (Å²) in [5, 5.41) is 15.5. The van der Waals surface area contributed by atoms with Crippen LogP contribution < -0.4 is 5.32 Å². The molecule has 1 fully saturated rings. The summed E-state index contributed by atoms with van der Waals surface area (Å²) in [6.45, 7) is 5.37. The molecule has 0 bridgehead atoms. The number of aromatic nitrogens is 2. The molecule has 2 N–H and O–H groups in total. The third kappa shape index (κ3) is 2.50. The lowest BCUT2D eigenvalue weighted by molar-refractivity contribution is 0.104. The van der Waals surface area contributed by atoms with E-state index in [2.05, 4.69) is 40.1 Å². The van der Waals surface area contributed by atoms with Gasteiger partial charge in [0.05, 0.1) is 18.0 Å². The fourth-order valence-corrected chi connectivity index (χ4v) is 3.91. The molecule has 1 saturated carbocycles. The Bertz CT molecular complexity index is 581. The summed E-state index contributed by atoms with van der Waals surface area (Å²) in [4.78, 5) is 5.63. The van der Waals surface area contributed by atoms with Crippen molar-refractivity contribution in [3.63, 3.8) is 0 Å². The summed E-state index contributed by atoms with van der Waals surface area (Å²) >= 11 is 1.66. The predicted molar refractivity (Wildman–Crippen MR) is 82.1 cm³/mol. The molecule has 0 aromatic carbocycles. The molecule has 1 aliphatic carbocycles. The van der Waals surface area contributed by atoms with Crippen molar-refractivity contribution in [3.8, 4) is 0 Å². The minimum atomic E-state index is -0.0981. The van der Waals surface area contributed by atoms with E-state index in [1.807, 2.05) is 0 Å². The summed E-state index contributed by atoms with van der Waals surface area (Å²) in [7, 11) is 0. The Kier molecular flexibility index (Phi) is 3.84. The van der Waals surface area contributed by atoms with Crippen molar-refractivity contribution in [3.05, 3.63) is 23.0 Å². The second kappa shape index (κ2) is 5.47. The number of aliphatic hydroxyl groups excluding tert-OH is 1. The SMILES string of the molecule is Cc1nc2sccn2c1CNC1(CO)CCC(C)CC1. The molecule has 0 unspecified atom stereocenters. The lowest BCUT2D eigenvalue weighted by Gasteiger charge is -2.39. The maximum Gasteiger partial charge on any atom is 0.194 e. The highest BCUT2D eigenvalue weighted by Gasteiger charge is 2.33. The molecule has 2 heterocycles. The lowest BCUT2D eigenvalue weighted by atomic mass is 9.77. The molecule has 1 aliphatic rings. The molecule has 3 rings (SSSR count). The summed E-state index contributed by atoms with van der Waals surface area (Å²) in [6.07, 6.45) is 6.61. The van der Waals surface area contributed by atoms with Crippen LogP contribution in [0.5, 0.6) is 0 Å². The molecule has 5 heteroatoms. The number of hydrogen-bond acceptors (Lipinski definition) is 4. The minimum Gasteiger partial charge on any atom is -0.394 e. The molecule has 0 amide bonds. The molecular weight excluding hydrogens is 270 g/mol. The van der Waals surface area contributed by atoms with E-state index in [1.54, 1.807) is 11.3 Å². The first-order chi connectivity index (χ1) is 9.63. The lowest BCUT2D eigenvalue weighted by Crippen LogP contribution is -2.50. The van der Waals surface area contributed by atoms with E-state index in [1.165, 1.54) is 18.5 Å². The van der Waals surface area contributed by atoms with Gasteiger partial charge in [-0.05, 0) is 38.5 Å². The van der Waals surface area contributed by atoms with Gasteiger partial charge >= 0.3 is 0 Å². The maximum atomic E-state index is 9.82. The number of nitrogens with zero attached hydrogens (tertiary/aromatic N) is 2. The van der Waals surface area contributed by atoms with Gasteiger partial charge in [-0.2, -0.15) is 0 Å². The first kappa shape index (κ1) is 14.0. The van der Waals surface area contributed by atoms with Gasteiger partial charge in [0.25, 0.3) is 0 Å². The van der Waals surface area contributed by atoms with Crippen molar-refractivity contribution in [1.82, 2.24) is 14.7 Å². The minimum absolute atomic E-state index is 0.0981. The highest BCUT2D eigenvalue weighted by molar-refractivity contribution is 7.15. The van der Waals surface area contributed by atoms with Crippen LogP contribution in [0.15, 0.2) is 11.6 Å². The quantitative estimate of drug-likeness (QED) is 0.911. The largest absolute Gasteiger partial charge is 0.394 e. The van der Waals surface area contributed by atoms with Crippen LogP contribution in [0.25, 0.3) is 4.96 Å². The maximum absolute atomic E-state index is 9.82. The van der Waals surface area contributed by atoms with Gasteiger partial charge in [-0.1, -0.05) is 6.92 Å². The number of aliphatic hydroxyl groups is 1. The first-order valence-corrected chi connectivity index (χ1v) is 8.28. The predicted octanol–water partition coefficient (Wildman–Crippen LogP) is 2.74. The van der Waals surface area contributed by atoms with Crippen LogP contribution in [0.2, 0.25) is 0 Å². The van der Waals surface area contributed by atoms with E-state index in [9.17, 15) is 5.11 Å². The van der Waals surface area contributed by atoms with Crippen LogP contribution in [0.4, 0.5) is 0 Å². The molecule has 110 valence electrons. The van der Waals surface area contributed by atoms with Crippen LogP contribution in [0, 0.1) is 12.8 Å². The van der Waals surface area contributed by atoms with Gasteiger partial charge in [0.2, 0.25) is 0 Å². The van der Waals surface area contributed by atoms with E-state index in [4.69, 9.17) is 0 Å². The van der Waals surface area contributed by atoms with E-state index in [-0.39, 0.29) is 12.1 Å². The highest BCUT2D eigenvalue weighted by atomic mass is 32.1. The van der Waals surface area contributed by atoms with Crippen LogP contribution in [-0.4, -0.2) is 26.6 Å². The Morgan fingerprint density at radius 2 is 2.25 bits per heavy atom. The van der Waals surface area contributed by atoms with Crippen LogP contribution in [-0.2, 0) is 6.54 Å². The summed E-state index contributed by atoms with van der Waals surface area (Å²) < 4.78 is 2.16. The van der Waals surface area contributed by atoms with Crippen molar-refractivity contribution in [2.45, 2.75) is 51.6 Å².